The van der Waals surface area contributed by atoms with Crippen LogP contribution >= 0.6 is 0 Å². The quantitative estimate of drug-likeness (QED) is 0.740. The molecule has 2 heterocycles. The maximum absolute atomic E-state index is 11.7. The van der Waals surface area contributed by atoms with Crippen LogP contribution in [-0.4, -0.2) is 38.8 Å². The first-order chi connectivity index (χ1) is 8.45. The van der Waals surface area contributed by atoms with Gasteiger partial charge < -0.3 is 4.74 Å². The van der Waals surface area contributed by atoms with E-state index < -0.39 is 16.0 Å². The molecular formula is C11H14N2O4S. The van der Waals surface area contributed by atoms with Gasteiger partial charge in [0.1, 0.15) is 5.82 Å². The molecule has 1 aliphatic heterocycles. The molecular weight excluding hydrogens is 256 g/mol. The molecule has 1 aliphatic rings. The molecule has 0 saturated carbocycles. The predicted molar refractivity (Wildman–Crippen MR) is 66.1 cm³/mol. The summed E-state index contributed by atoms with van der Waals surface area (Å²) in [6.45, 7) is 2.09. The molecule has 0 atom stereocenters. The van der Waals surface area contributed by atoms with Gasteiger partial charge in [-0.15, -0.1) is 0 Å². The lowest BCUT2D eigenvalue weighted by Crippen LogP contribution is -2.26. The first-order valence-electron chi connectivity index (χ1n) is 5.52. The average molecular weight is 270 g/mol. The Morgan fingerprint density at radius 3 is 2.67 bits per heavy atom. The highest BCUT2D eigenvalue weighted by molar-refractivity contribution is 7.93. The molecule has 6 nitrogen and oxygen atoms in total. The summed E-state index contributed by atoms with van der Waals surface area (Å²) in [5.41, 5.74) is 0.805. The molecule has 1 aromatic rings. The third-order valence-corrected chi connectivity index (χ3v) is 4.68. The number of hydrogen-bond acceptors (Lipinski definition) is 5. The fourth-order valence-corrected chi connectivity index (χ4v) is 3.42. The Kier molecular flexibility index (Phi) is 3.25. The molecule has 2 rings (SSSR count). The van der Waals surface area contributed by atoms with E-state index in [-0.39, 0.29) is 5.75 Å². The molecule has 0 bridgehead atoms. The first-order valence-corrected chi connectivity index (χ1v) is 7.13. The maximum Gasteiger partial charge on any atom is 0.339 e. The number of pyridine rings is 1. The molecule has 98 valence electrons. The number of nitrogens with zero attached hydrogens (tertiary/aromatic N) is 2. The highest BCUT2D eigenvalue weighted by atomic mass is 32.2. The van der Waals surface area contributed by atoms with Crippen molar-refractivity contribution in [2.24, 2.45) is 0 Å². The Balaban J connectivity index is 2.38. The van der Waals surface area contributed by atoms with Crippen LogP contribution in [0.1, 0.15) is 22.5 Å². The second-order valence-corrected chi connectivity index (χ2v) is 6.05. The van der Waals surface area contributed by atoms with E-state index in [0.717, 1.165) is 0 Å². The van der Waals surface area contributed by atoms with Crippen LogP contribution in [0.25, 0.3) is 0 Å². The summed E-state index contributed by atoms with van der Waals surface area (Å²) in [5, 5.41) is 0. The minimum Gasteiger partial charge on any atom is -0.465 e. The minimum absolute atomic E-state index is 0.145. The standard InChI is InChI=1S/C11H14N2O4S/c1-8-9(11(14)17-2)4-5-10(12-8)13-6-3-7-18(13,15)16/h4-5H,3,6-7H2,1-2H3. The van der Waals surface area contributed by atoms with Gasteiger partial charge in [0.25, 0.3) is 0 Å². The number of carbonyl (C=O) groups excluding carboxylic acids is 1. The average Bonchev–Trinajstić information content (AvgIpc) is 2.68. The molecule has 0 radical (unpaired) electrons. The molecule has 7 heteroatoms. The summed E-state index contributed by atoms with van der Waals surface area (Å²) in [6.07, 6.45) is 0.599. The summed E-state index contributed by atoms with van der Waals surface area (Å²) in [5.74, 6) is 0.0282. The molecule has 0 aromatic carbocycles. The number of hydrogen-bond donors (Lipinski definition) is 0. The van der Waals surface area contributed by atoms with E-state index in [0.29, 0.717) is 30.0 Å². The van der Waals surface area contributed by atoms with Gasteiger partial charge >= 0.3 is 5.97 Å². The van der Waals surface area contributed by atoms with Gasteiger partial charge in [-0.1, -0.05) is 0 Å². The Morgan fingerprint density at radius 1 is 1.44 bits per heavy atom. The van der Waals surface area contributed by atoms with Crippen molar-refractivity contribution in [3.8, 4) is 0 Å². The Hall–Kier alpha value is -1.63. The zero-order chi connectivity index (χ0) is 13.3. The van der Waals surface area contributed by atoms with E-state index in [1.165, 1.54) is 23.5 Å². The number of carbonyl (C=O) groups is 1. The summed E-state index contributed by atoms with van der Waals surface area (Å²) in [7, 11) is -1.95. The van der Waals surface area contributed by atoms with Crippen molar-refractivity contribution in [1.82, 2.24) is 4.98 Å². The zero-order valence-electron chi connectivity index (χ0n) is 10.2. The number of aromatic nitrogens is 1. The highest BCUT2D eigenvalue weighted by Crippen LogP contribution is 2.23. The van der Waals surface area contributed by atoms with Gasteiger partial charge in [0.2, 0.25) is 10.0 Å². The molecule has 0 aliphatic carbocycles. The Labute approximate surface area is 106 Å². The van der Waals surface area contributed by atoms with E-state index in [4.69, 9.17) is 0 Å². The second kappa shape index (κ2) is 4.56. The van der Waals surface area contributed by atoms with Gasteiger partial charge in [0.05, 0.1) is 24.1 Å². The van der Waals surface area contributed by atoms with E-state index >= 15 is 0 Å². The lowest BCUT2D eigenvalue weighted by molar-refractivity contribution is 0.0599. The largest absolute Gasteiger partial charge is 0.465 e. The molecule has 1 aromatic heterocycles. The maximum atomic E-state index is 11.7. The molecule has 0 unspecified atom stereocenters. The monoisotopic (exact) mass is 270 g/mol. The summed E-state index contributed by atoms with van der Waals surface area (Å²) in [4.78, 5) is 15.6. The molecule has 1 fully saturated rings. The Bertz CT molecular complexity index is 583. The highest BCUT2D eigenvalue weighted by Gasteiger charge is 2.29. The van der Waals surface area contributed by atoms with E-state index in [2.05, 4.69) is 9.72 Å². The fourth-order valence-electron chi connectivity index (χ4n) is 1.91. The van der Waals surface area contributed by atoms with E-state index in [1.54, 1.807) is 6.92 Å². The van der Waals surface area contributed by atoms with Crippen molar-refractivity contribution in [2.45, 2.75) is 13.3 Å². The topological polar surface area (TPSA) is 76.6 Å². The van der Waals surface area contributed by atoms with Crippen molar-refractivity contribution >= 4 is 21.8 Å². The number of methoxy groups -OCH3 is 1. The summed E-state index contributed by atoms with van der Waals surface area (Å²) in [6, 6.07) is 3.07. The molecule has 0 spiro atoms. The molecule has 0 amide bonds. The molecule has 18 heavy (non-hydrogen) atoms. The van der Waals surface area contributed by atoms with Crippen LogP contribution in [0.15, 0.2) is 12.1 Å². The van der Waals surface area contributed by atoms with Crippen molar-refractivity contribution in [3.05, 3.63) is 23.4 Å². The van der Waals surface area contributed by atoms with Crippen LogP contribution in [0.5, 0.6) is 0 Å². The van der Waals surface area contributed by atoms with Gasteiger partial charge in [0, 0.05) is 6.54 Å². The number of esters is 1. The van der Waals surface area contributed by atoms with Crippen LogP contribution in [0, 0.1) is 6.92 Å². The van der Waals surface area contributed by atoms with Crippen LogP contribution in [0.3, 0.4) is 0 Å². The Morgan fingerprint density at radius 2 is 2.17 bits per heavy atom. The molecule has 1 saturated heterocycles. The third-order valence-electron chi connectivity index (χ3n) is 2.83. The van der Waals surface area contributed by atoms with Gasteiger partial charge in [0.15, 0.2) is 0 Å². The second-order valence-electron chi connectivity index (χ2n) is 4.04. The van der Waals surface area contributed by atoms with E-state index in [9.17, 15) is 13.2 Å². The number of sulfonamides is 1. The third kappa shape index (κ3) is 2.17. The number of aryl methyl sites for hydroxylation is 1. The number of anilines is 1. The predicted octanol–water partition coefficient (Wildman–Crippen LogP) is 0.717. The minimum atomic E-state index is -3.24. The number of rotatable bonds is 2. The van der Waals surface area contributed by atoms with Crippen molar-refractivity contribution in [2.75, 3.05) is 23.7 Å². The first kappa shape index (κ1) is 12.8. The smallest absolute Gasteiger partial charge is 0.339 e. The number of ether oxygens (including phenoxy) is 1. The van der Waals surface area contributed by atoms with Gasteiger partial charge in [-0.05, 0) is 25.5 Å². The van der Waals surface area contributed by atoms with Crippen molar-refractivity contribution in [3.63, 3.8) is 0 Å². The normalized spacial score (nSPS) is 17.8. The van der Waals surface area contributed by atoms with Crippen LogP contribution < -0.4 is 4.31 Å². The zero-order valence-corrected chi connectivity index (χ0v) is 11.0. The van der Waals surface area contributed by atoms with Gasteiger partial charge in [-0.25, -0.2) is 18.2 Å². The fraction of sp³-hybridized carbons (Fsp3) is 0.455. The lowest BCUT2D eigenvalue weighted by Gasteiger charge is -2.16. The summed E-state index contributed by atoms with van der Waals surface area (Å²) >= 11 is 0. The summed E-state index contributed by atoms with van der Waals surface area (Å²) < 4.78 is 29.4. The lowest BCUT2D eigenvalue weighted by atomic mass is 10.2. The van der Waals surface area contributed by atoms with Gasteiger partial charge in [-0.3, -0.25) is 4.31 Å². The SMILES string of the molecule is COC(=O)c1ccc(N2CCCS2(=O)=O)nc1C. The van der Waals surface area contributed by atoms with Crippen molar-refractivity contribution in [1.29, 1.82) is 0 Å². The van der Waals surface area contributed by atoms with Crippen LogP contribution in [-0.2, 0) is 14.8 Å². The molecule has 0 N–H and O–H groups in total. The van der Waals surface area contributed by atoms with E-state index in [1.807, 2.05) is 0 Å². The van der Waals surface area contributed by atoms with Gasteiger partial charge in [-0.2, -0.15) is 0 Å². The van der Waals surface area contributed by atoms with Crippen LogP contribution in [0.4, 0.5) is 5.82 Å². The van der Waals surface area contributed by atoms with Crippen molar-refractivity contribution < 1.29 is 17.9 Å². The van der Waals surface area contributed by atoms with Crippen LogP contribution in [0.2, 0.25) is 0 Å².